The van der Waals surface area contributed by atoms with Gasteiger partial charge in [0.25, 0.3) is 0 Å². The zero-order valence-electron chi connectivity index (χ0n) is 11.2. The Morgan fingerprint density at radius 2 is 1.95 bits per heavy atom. The monoisotopic (exact) mass is 265 g/mol. The highest BCUT2D eigenvalue weighted by Crippen LogP contribution is 2.53. The second kappa shape index (κ2) is 5.02. The fourth-order valence-electron chi connectivity index (χ4n) is 2.24. The first kappa shape index (κ1) is 13.6. The van der Waals surface area contributed by atoms with Crippen molar-refractivity contribution < 1.29 is 18.7 Å². The van der Waals surface area contributed by atoms with E-state index in [-0.39, 0.29) is 0 Å². The maximum Gasteiger partial charge on any atom is 0.235 e. The van der Waals surface area contributed by atoms with Crippen molar-refractivity contribution in [2.45, 2.75) is 31.5 Å². The van der Waals surface area contributed by atoms with Crippen LogP contribution in [0.15, 0.2) is 17.1 Å². The lowest BCUT2D eigenvalue weighted by atomic mass is 9.99. The van der Waals surface area contributed by atoms with Crippen LogP contribution in [0.1, 0.15) is 37.1 Å². The molecule has 1 aliphatic carbocycles. The normalized spacial score (nSPS) is 17.3. The Balaban J connectivity index is 2.58. The number of isocyanates is 1. The van der Waals surface area contributed by atoms with E-state index < -0.39 is 11.7 Å². The van der Waals surface area contributed by atoms with Gasteiger partial charge < -0.3 is 9.47 Å². The molecule has 1 aromatic rings. The van der Waals surface area contributed by atoms with Gasteiger partial charge in [-0.05, 0) is 31.9 Å². The van der Waals surface area contributed by atoms with E-state index in [0.29, 0.717) is 17.1 Å². The first-order valence-electron chi connectivity index (χ1n) is 6.07. The zero-order chi connectivity index (χ0) is 14.0. The molecule has 0 radical (unpaired) electrons. The summed E-state index contributed by atoms with van der Waals surface area (Å²) in [6, 6.07) is 3.32. The van der Waals surface area contributed by atoms with Gasteiger partial charge in [-0.25, -0.2) is 9.18 Å². The predicted octanol–water partition coefficient (Wildman–Crippen LogP) is 3.06. The molecule has 1 unspecified atom stereocenters. The number of methoxy groups -OCH3 is 2. The van der Waals surface area contributed by atoms with Crippen molar-refractivity contribution in [3.8, 4) is 11.5 Å². The van der Waals surface area contributed by atoms with Crippen molar-refractivity contribution in [1.29, 1.82) is 0 Å². The highest BCUT2D eigenvalue weighted by atomic mass is 19.1. The fraction of sp³-hybridized carbons (Fsp3) is 0.500. The molecule has 0 saturated heterocycles. The van der Waals surface area contributed by atoms with E-state index >= 15 is 0 Å². The Morgan fingerprint density at radius 1 is 1.32 bits per heavy atom. The quantitative estimate of drug-likeness (QED) is 0.607. The molecule has 0 aliphatic heterocycles. The highest BCUT2D eigenvalue weighted by Gasteiger charge is 2.47. The van der Waals surface area contributed by atoms with Crippen LogP contribution < -0.4 is 9.47 Å². The molecule has 1 saturated carbocycles. The Kier molecular flexibility index (Phi) is 3.58. The number of halogens is 1. The summed E-state index contributed by atoms with van der Waals surface area (Å²) in [4.78, 5) is 14.4. The molecule has 1 aromatic carbocycles. The Morgan fingerprint density at radius 3 is 2.37 bits per heavy atom. The molecule has 1 fully saturated rings. The number of hydrogen-bond acceptors (Lipinski definition) is 4. The minimum atomic E-state index is -1.16. The summed E-state index contributed by atoms with van der Waals surface area (Å²) < 4.78 is 24.1. The van der Waals surface area contributed by atoms with Crippen LogP contribution in [0.25, 0.3) is 0 Å². The second-order valence-electron chi connectivity index (χ2n) is 4.65. The van der Waals surface area contributed by atoms with E-state index in [4.69, 9.17) is 9.47 Å². The molecular formula is C14H16FNO3. The van der Waals surface area contributed by atoms with Crippen LogP contribution in [0, 0.1) is 0 Å². The zero-order valence-corrected chi connectivity index (χ0v) is 11.2. The average Bonchev–Trinajstić information content (AvgIpc) is 3.18. The summed E-state index contributed by atoms with van der Waals surface area (Å²) >= 11 is 0. The summed E-state index contributed by atoms with van der Waals surface area (Å²) in [6.07, 6.45) is 1.95. The van der Waals surface area contributed by atoms with Gasteiger partial charge in [0.05, 0.1) is 14.2 Å². The maximum absolute atomic E-state index is 13.6. The SMILES string of the molecule is COc1cc(C2(N=C=O)CC2)c(OC)cc1C(C)F. The summed E-state index contributed by atoms with van der Waals surface area (Å²) in [5.74, 6) is 0.968. The number of nitrogens with zero attached hydrogens (tertiary/aromatic N) is 1. The lowest BCUT2D eigenvalue weighted by Crippen LogP contribution is -2.07. The molecule has 0 amide bonds. The second-order valence-corrected chi connectivity index (χ2v) is 4.65. The van der Waals surface area contributed by atoms with Gasteiger partial charge in [0.1, 0.15) is 23.2 Å². The van der Waals surface area contributed by atoms with Gasteiger partial charge in [-0.1, -0.05) is 0 Å². The third-order valence-corrected chi connectivity index (χ3v) is 3.47. The van der Waals surface area contributed by atoms with E-state index in [1.807, 2.05) is 0 Å². The maximum atomic E-state index is 13.6. The van der Waals surface area contributed by atoms with Crippen molar-refractivity contribution in [2.75, 3.05) is 14.2 Å². The topological polar surface area (TPSA) is 47.9 Å². The van der Waals surface area contributed by atoms with Gasteiger partial charge in [0, 0.05) is 11.1 Å². The molecule has 4 nitrogen and oxygen atoms in total. The number of benzene rings is 1. The van der Waals surface area contributed by atoms with Crippen molar-refractivity contribution in [1.82, 2.24) is 0 Å². The van der Waals surface area contributed by atoms with E-state index in [0.717, 1.165) is 18.4 Å². The predicted molar refractivity (Wildman–Crippen MR) is 68.1 cm³/mol. The highest BCUT2D eigenvalue weighted by molar-refractivity contribution is 5.54. The molecule has 0 N–H and O–H groups in total. The van der Waals surface area contributed by atoms with Gasteiger partial charge in [-0.15, -0.1) is 0 Å². The average molecular weight is 265 g/mol. The van der Waals surface area contributed by atoms with E-state index in [1.54, 1.807) is 18.2 Å². The lowest BCUT2D eigenvalue weighted by molar-refractivity contribution is 0.340. The van der Waals surface area contributed by atoms with Crippen molar-refractivity contribution >= 4 is 6.08 Å². The van der Waals surface area contributed by atoms with Gasteiger partial charge >= 0.3 is 0 Å². The molecule has 1 aliphatic rings. The number of rotatable bonds is 5. The summed E-state index contributed by atoms with van der Waals surface area (Å²) in [5.41, 5.74) is 0.604. The van der Waals surface area contributed by atoms with Crippen molar-refractivity contribution in [2.24, 2.45) is 4.99 Å². The van der Waals surface area contributed by atoms with Crippen LogP contribution in [0.4, 0.5) is 4.39 Å². The van der Waals surface area contributed by atoms with E-state index in [1.165, 1.54) is 21.1 Å². The van der Waals surface area contributed by atoms with E-state index in [2.05, 4.69) is 4.99 Å². The fourth-order valence-corrected chi connectivity index (χ4v) is 2.24. The van der Waals surface area contributed by atoms with E-state index in [9.17, 15) is 9.18 Å². The smallest absolute Gasteiger partial charge is 0.235 e. The number of hydrogen-bond donors (Lipinski definition) is 0. The van der Waals surface area contributed by atoms with Crippen LogP contribution in [-0.4, -0.2) is 20.3 Å². The standard InChI is InChI=1S/C14H16FNO3/c1-9(15)10-6-13(19-3)11(7-12(10)18-2)14(4-5-14)16-8-17/h6-7,9H,4-5H2,1-3H3. The molecular weight excluding hydrogens is 249 g/mol. The molecule has 19 heavy (non-hydrogen) atoms. The molecule has 0 aromatic heterocycles. The van der Waals surface area contributed by atoms with Crippen LogP contribution in [0.2, 0.25) is 0 Å². The van der Waals surface area contributed by atoms with Crippen LogP contribution >= 0.6 is 0 Å². The first-order chi connectivity index (χ1) is 9.07. The van der Waals surface area contributed by atoms with Gasteiger partial charge in [0.2, 0.25) is 6.08 Å². The molecule has 0 spiro atoms. The minimum Gasteiger partial charge on any atom is -0.496 e. The third-order valence-electron chi connectivity index (χ3n) is 3.47. The van der Waals surface area contributed by atoms with Gasteiger partial charge in [-0.3, -0.25) is 0 Å². The lowest BCUT2D eigenvalue weighted by Gasteiger charge is -2.18. The van der Waals surface area contributed by atoms with Gasteiger partial charge in [0.15, 0.2) is 0 Å². The molecule has 0 bridgehead atoms. The molecule has 1 atom stereocenters. The molecule has 2 rings (SSSR count). The van der Waals surface area contributed by atoms with Gasteiger partial charge in [-0.2, -0.15) is 4.99 Å². The summed E-state index contributed by atoms with van der Waals surface area (Å²) in [5, 5.41) is 0. The van der Waals surface area contributed by atoms with Crippen molar-refractivity contribution in [3.63, 3.8) is 0 Å². The molecule has 5 heteroatoms. The molecule has 0 heterocycles. The minimum absolute atomic E-state index is 0.425. The number of carbonyl (C=O) groups excluding carboxylic acids is 1. The Hall–Kier alpha value is -1.87. The van der Waals surface area contributed by atoms with Crippen LogP contribution in [-0.2, 0) is 10.3 Å². The summed E-state index contributed by atoms with van der Waals surface area (Å²) in [7, 11) is 3.00. The Labute approximate surface area is 111 Å². The Bertz CT molecular complexity index is 532. The summed E-state index contributed by atoms with van der Waals surface area (Å²) in [6.45, 7) is 1.44. The number of alkyl halides is 1. The molecule has 102 valence electrons. The number of ether oxygens (including phenoxy) is 2. The number of aliphatic imine (C=N–C) groups is 1. The third kappa shape index (κ3) is 2.34. The van der Waals surface area contributed by atoms with Crippen molar-refractivity contribution in [3.05, 3.63) is 23.3 Å². The van der Waals surface area contributed by atoms with Crippen LogP contribution in [0.3, 0.4) is 0 Å². The van der Waals surface area contributed by atoms with Crippen LogP contribution in [0.5, 0.6) is 11.5 Å². The first-order valence-corrected chi connectivity index (χ1v) is 6.07. The largest absolute Gasteiger partial charge is 0.496 e.